The highest BCUT2D eigenvalue weighted by Gasteiger charge is 2.26. The van der Waals surface area contributed by atoms with Crippen LogP contribution in [0.2, 0.25) is 0 Å². The van der Waals surface area contributed by atoms with Crippen molar-refractivity contribution < 1.29 is 19.4 Å². The lowest BCUT2D eigenvalue weighted by atomic mass is 10.1. The minimum Gasteiger partial charge on any atom is -0.506 e. The number of benzene rings is 1. The fraction of sp³-hybridized carbons (Fsp3) is 0.600. The number of aromatic hydroxyl groups is 1. The van der Waals surface area contributed by atoms with Crippen molar-refractivity contribution in [2.75, 3.05) is 57.3 Å². The van der Waals surface area contributed by atoms with E-state index in [0.29, 0.717) is 32.0 Å². The van der Waals surface area contributed by atoms with Gasteiger partial charge in [-0.25, -0.2) is 4.79 Å². The molecule has 0 saturated carbocycles. The average molecular weight is 390 g/mol. The summed E-state index contributed by atoms with van der Waals surface area (Å²) in [6.07, 6.45) is 1.24. The highest BCUT2D eigenvalue weighted by molar-refractivity contribution is 5.78. The molecular weight excluding hydrogens is 360 g/mol. The molecule has 2 aliphatic heterocycles. The van der Waals surface area contributed by atoms with Crippen molar-refractivity contribution in [1.82, 2.24) is 15.1 Å². The Balaban J connectivity index is 1.37. The molecule has 2 amide bonds. The van der Waals surface area contributed by atoms with Crippen LogP contribution in [0.5, 0.6) is 5.75 Å². The first kappa shape index (κ1) is 20.3. The van der Waals surface area contributed by atoms with Crippen molar-refractivity contribution in [3.05, 3.63) is 24.3 Å². The number of ether oxygens (including phenoxy) is 1. The lowest BCUT2D eigenvalue weighted by molar-refractivity contribution is -0.123. The van der Waals surface area contributed by atoms with Crippen molar-refractivity contribution >= 4 is 17.7 Å². The van der Waals surface area contributed by atoms with Gasteiger partial charge in [0.15, 0.2) is 0 Å². The van der Waals surface area contributed by atoms with Gasteiger partial charge < -0.3 is 25.0 Å². The molecule has 0 radical (unpaired) electrons. The molecule has 8 nitrogen and oxygen atoms in total. The number of piperazine rings is 1. The second-order valence-corrected chi connectivity index (χ2v) is 7.28. The van der Waals surface area contributed by atoms with Gasteiger partial charge in [0, 0.05) is 45.3 Å². The topological polar surface area (TPSA) is 85.4 Å². The van der Waals surface area contributed by atoms with E-state index in [4.69, 9.17) is 4.74 Å². The minimum atomic E-state index is -0.269. The number of hydrogen-bond donors (Lipinski definition) is 2. The third-order valence-electron chi connectivity index (χ3n) is 5.35. The van der Waals surface area contributed by atoms with Crippen LogP contribution in [0.3, 0.4) is 0 Å². The molecule has 0 bridgehead atoms. The molecule has 28 heavy (non-hydrogen) atoms. The third-order valence-corrected chi connectivity index (χ3v) is 5.35. The molecule has 8 heteroatoms. The summed E-state index contributed by atoms with van der Waals surface area (Å²) in [7, 11) is 0. The Bertz CT molecular complexity index is 668. The van der Waals surface area contributed by atoms with Crippen molar-refractivity contribution in [3.63, 3.8) is 0 Å². The second kappa shape index (κ2) is 9.64. The molecule has 0 atom stereocenters. The fourth-order valence-corrected chi connectivity index (χ4v) is 3.78. The van der Waals surface area contributed by atoms with E-state index < -0.39 is 0 Å². The van der Waals surface area contributed by atoms with Crippen LogP contribution >= 0.6 is 0 Å². The zero-order valence-corrected chi connectivity index (χ0v) is 16.5. The maximum absolute atomic E-state index is 12.4. The van der Waals surface area contributed by atoms with E-state index in [1.807, 2.05) is 18.2 Å². The van der Waals surface area contributed by atoms with Crippen LogP contribution in [-0.4, -0.2) is 85.4 Å². The van der Waals surface area contributed by atoms with Crippen LogP contribution < -0.4 is 10.2 Å². The van der Waals surface area contributed by atoms with Gasteiger partial charge in [-0.1, -0.05) is 12.1 Å². The monoisotopic (exact) mass is 390 g/mol. The molecule has 1 aromatic carbocycles. The Kier molecular flexibility index (Phi) is 6.97. The summed E-state index contributed by atoms with van der Waals surface area (Å²) in [4.78, 5) is 30.1. The van der Waals surface area contributed by atoms with Crippen LogP contribution in [0.25, 0.3) is 0 Å². The molecule has 0 aromatic heterocycles. The SMILES string of the molecule is CCOC(=O)N1CCC(NC(=O)CN2CCN(c3ccccc3O)CC2)CC1. The average Bonchev–Trinajstić information content (AvgIpc) is 2.70. The van der Waals surface area contributed by atoms with Crippen molar-refractivity contribution in [1.29, 1.82) is 0 Å². The number of anilines is 1. The molecular formula is C20H30N4O4. The van der Waals surface area contributed by atoms with Gasteiger partial charge in [-0.2, -0.15) is 0 Å². The van der Waals surface area contributed by atoms with Crippen molar-refractivity contribution in [2.45, 2.75) is 25.8 Å². The Morgan fingerprint density at radius 2 is 1.79 bits per heavy atom. The van der Waals surface area contributed by atoms with Crippen molar-refractivity contribution in [2.24, 2.45) is 0 Å². The summed E-state index contributed by atoms with van der Waals surface area (Å²) in [5.74, 6) is 0.327. The Morgan fingerprint density at radius 3 is 2.43 bits per heavy atom. The first-order valence-corrected chi connectivity index (χ1v) is 10.0. The highest BCUT2D eigenvalue weighted by atomic mass is 16.6. The van der Waals surface area contributed by atoms with Crippen LogP contribution in [0.15, 0.2) is 24.3 Å². The summed E-state index contributed by atoms with van der Waals surface area (Å²) in [5, 5.41) is 13.1. The summed E-state index contributed by atoms with van der Waals surface area (Å²) >= 11 is 0. The summed E-state index contributed by atoms with van der Waals surface area (Å²) < 4.78 is 5.02. The van der Waals surface area contributed by atoms with E-state index >= 15 is 0 Å². The minimum absolute atomic E-state index is 0.0330. The van der Waals surface area contributed by atoms with Gasteiger partial charge in [0.1, 0.15) is 5.75 Å². The quantitative estimate of drug-likeness (QED) is 0.787. The number of phenolic OH excluding ortho intramolecular Hbond substituents is 1. The van der Waals surface area contributed by atoms with E-state index in [0.717, 1.165) is 44.7 Å². The first-order valence-electron chi connectivity index (χ1n) is 10.0. The number of carbonyl (C=O) groups is 2. The van der Waals surface area contributed by atoms with Gasteiger partial charge in [0.2, 0.25) is 5.91 Å². The predicted molar refractivity (Wildman–Crippen MR) is 107 cm³/mol. The van der Waals surface area contributed by atoms with Crippen LogP contribution in [-0.2, 0) is 9.53 Å². The van der Waals surface area contributed by atoms with E-state index in [9.17, 15) is 14.7 Å². The highest BCUT2D eigenvalue weighted by Crippen LogP contribution is 2.27. The number of rotatable bonds is 5. The lowest BCUT2D eigenvalue weighted by Crippen LogP contribution is -2.52. The van der Waals surface area contributed by atoms with Crippen molar-refractivity contribution in [3.8, 4) is 5.75 Å². The number of nitrogens with zero attached hydrogens (tertiary/aromatic N) is 3. The number of para-hydroxylation sites is 2. The number of phenols is 1. The van der Waals surface area contributed by atoms with Gasteiger partial charge in [-0.3, -0.25) is 9.69 Å². The largest absolute Gasteiger partial charge is 0.506 e. The maximum atomic E-state index is 12.4. The molecule has 154 valence electrons. The standard InChI is InChI=1S/C20H30N4O4/c1-2-28-20(27)24-9-7-16(8-10-24)21-19(26)15-22-11-13-23(14-12-22)17-5-3-4-6-18(17)25/h3-6,16,25H,2,7-15H2,1H3,(H,21,26). The number of hydrogen-bond acceptors (Lipinski definition) is 6. The van der Waals surface area contributed by atoms with Crippen LogP contribution in [0.1, 0.15) is 19.8 Å². The van der Waals surface area contributed by atoms with Gasteiger partial charge in [-0.05, 0) is 31.9 Å². The maximum Gasteiger partial charge on any atom is 0.409 e. The molecule has 0 spiro atoms. The molecule has 2 N–H and O–H groups in total. The van der Waals surface area contributed by atoms with Gasteiger partial charge in [-0.15, -0.1) is 0 Å². The molecule has 2 aliphatic rings. The molecule has 3 rings (SSSR count). The van der Waals surface area contributed by atoms with Crippen LogP contribution in [0, 0.1) is 0 Å². The first-order chi connectivity index (χ1) is 13.6. The molecule has 0 aliphatic carbocycles. The summed E-state index contributed by atoms with van der Waals surface area (Å²) in [6, 6.07) is 7.46. The molecule has 2 saturated heterocycles. The zero-order valence-electron chi connectivity index (χ0n) is 16.5. The molecule has 1 aromatic rings. The number of nitrogens with one attached hydrogen (secondary N) is 1. The van der Waals surface area contributed by atoms with E-state index in [1.165, 1.54) is 0 Å². The fourth-order valence-electron chi connectivity index (χ4n) is 3.78. The number of carbonyl (C=O) groups excluding carboxylic acids is 2. The lowest BCUT2D eigenvalue weighted by Gasteiger charge is -2.36. The van der Waals surface area contributed by atoms with E-state index in [-0.39, 0.29) is 18.0 Å². The van der Waals surface area contributed by atoms with Gasteiger partial charge >= 0.3 is 6.09 Å². The van der Waals surface area contributed by atoms with Gasteiger partial charge in [0.05, 0.1) is 18.8 Å². The molecule has 2 heterocycles. The Morgan fingerprint density at radius 1 is 1.11 bits per heavy atom. The predicted octanol–water partition coefficient (Wildman–Crippen LogP) is 1.25. The third kappa shape index (κ3) is 5.28. The molecule has 2 fully saturated rings. The van der Waals surface area contributed by atoms with Gasteiger partial charge in [0.25, 0.3) is 0 Å². The smallest absolute Gasteiger partial charge is 0.409 e. The Labute approximate surface area is 166 Å². The number of likely N-dealkylation sites (tertiary alicyclic amines) is 1. The second-order valence-electron chi connectivity index (χ2n) is 7.28. The molecule has 0 unspecified atom stereocenters. The summed E-state index contributed by atoms with van der Waals surface area (Å²) in [6.45, 7) is 6.91. The number of piperidine rings is 1. The number of amides is 2. The Hall–Kier alpha value is -2.48. The van der Waals surface area contributed by atoms with E-state index in [2.05, 4.69) is 15.1 Å². The van der Waals surface area contributed by atoms with Crippen LogP contribution in [0.4, 0.5) is 10.5 Å². The zero-order chi connectivity index (χ0) is 19.9. The van der Waals surface area contributed by atoms with E-state index in [1.54, 1.807) is 17.9 Å². The normalized spacial score (nSPS) is 18.8. The summed E-state index contributed by atoms with van der Waals surface area (Å²) in [5.41, 5.74) is 0.847.